The number of aromatic nitrogens is 1. The zero-order valence-corrected chi connectivity index (χ0v) is 15.4. The average Bonchev–Trinajstić information content (AvgIpc) is 3.41. The number of rotatable bonds is 9. The standard InChI is InChI=1S/C18H18Cl2F2N2O2/c19-13-8-23-9-14(20)17(13)24-6-5-11-3-4-15(26-18(21)22)16(7-11)25-10-12-1-2-12/h3-4,7-9,12,18H,1-2,5-6,10H2,(H,23,24). The number of hydrogen-bond acceptors (Lipinski definition) is 4. The molecule has 1 aromatic carbocycles. The summed E-state index contributed by atoms with van der Waals surface area (Å²) < 4.78 is 35.3. The normalized spacial score (nSPS) is 13.7. The lowest BCUT2D eigenvalue weighted by atomic mass is 10.1. The van der Waals surface area contributed by atoms with Crippen molar-refractivity contribution in [1.29, 1.82) is 0 Å². The SMILES string of the molecule is FC(F)Oc1ccc(CCNc2c(Cl)cncc2Cl)cc1OCC1CC1. The number of anilines is 1. The van der Waals surface area contributed by atoms with Gasteiger partial charge in [0.15, 0.2) is 11.5 Å². The molecule has 0 amide bonds. The van der Waals surface area contributed by atoms with Crippen molar-refractivity contribution >= 4 is 28.9 Å². The summed E-state index contributed by atoms with van der Waals surface area (Å²) in [5, 5.41) is 4.03. The lowest BCUT2D eigenvalue weighted by Gasteiger charge is -2.14. The lowest BCUT2D eigenvalue weighted by molar-refractivity contribution is -0.0515. The Hall–Kier alpha value is -1.79. The van der Waals surface area contributed by atoms with Gasteiger partial charge in [-0.1, -0.05) is 29.3 Å². The molecule has 140 valence electrons. The van der Waals surface area contributed by atoms with E-state index in [0.29, 0.717) is 47.0 Å². The van der Waals surface area contributed by atoms with Crippen LogP contribution >= 0.6 is 23.2 Å². The van der Waals surface area contributed by atoms with Gasteiger partial charge < -0.3 is 14.8 Å². The summed E-state index contributed by atoms with van der Waals surface area (Å²) in [5.74, 6) is 0.906. The van der Waals surface area contributed by atoms with Gasteiger partial charge in [-0.2, -0.15) is 8.78 Å². The lowest BCUT2D eigenvalue weighted by Crippen LogP contribution is -2.08. The zero-order valence-electron chi connectivity index (χ0n) is 13.9. The van der Waals surface area contributed by atoms with Gasteiger partial charge in [-0.15, -0.1) is 0 Å². The molecule has 0 saturated heterocycles. The number of pyridine rings is 1. The highest BCUT2D eigenvalue weighted by molar-refractivity contribution is 6.38. The Balaban J connectivity index is 1.64. The van der Waals surface area contributed by atoms with E-state index in [1.54, 1.807) is 12.1 Å². The molecule has 1 saturated carbocycles. The maximum absolute atomic E-state index is 12.6. The minimum absolute atomic E-state index is 0.0533. The molecule has 1 aliphatic rings. The van der Waals surface area contributed by atoms with Crippen molar-refractivity contribution < 1.29 is 18.3 Å². The number of hydrogen-bond donors (Lipinski definition) is 1. The van der Waals surface area contributed by atoms with Gasteiger partial charge in [-0.25, -0.2) is 0 Å². The summed E-state index contributed by atoms with van der Waals surface area (Å²) in [5.41, 5.74) is 1.54. The number of halogens is 4. The van der Waals surface area contributed by atoms with Gasteiger partial charge in [-0.05, 0) is 42.9 Å². The predicted molar refractivity (Wildman–Crippen MR) is 97.7 cm³/mol. The molecule has 0 spiro atoms. The Labute approximate surface area is 160 Å². The maximum Gasteiger partial charge on any atom is 0.387 e. The predicted octanol–water partition coefficient (Wildman–Crippen LogP) is 5.43. The van der Waals surface area contributed by atoms with Crippen molar-refractivity contribution in [2.24, 2.45) is 5.92 Å². The molecule has 26 heavy (non-hydrogen) atoms. The van der Waals surface area contributed by atoms with Crippen molar-refractivity contribution in [3.05, 3.63) is 46.2 Å². The smallest absolute Gasteiger partial charge is 0.387 e. The van der Waals surface area contributed by atoms with E-state index < -0.39 is 6.61 Å². The summed E-state index contributed by atoms with van der Waals surface area (Å²) in [4.78, 5) is 3.90. The second-order valence-electron chi connectivity index (χ2n) is 6.07. The van der Waals surface area contributed by atoms with Crippen molar-refractivity contribution in [3.63, 3.8) is 0 Å². The van der Waals surface area contributed by atoms with E-state index in [4.69, 9.17) is 27.9 Å². The van der Waals surface area contributed by atoms with Gasteiger partial charge in [0.1, 0.15) is 0 Å². The minimum Gasteiger partial charge on any atom is -0.489 e. The maximum atomic E-state index is 12.6. The fourth-order valence-electron chi connectivity index (χ4n) is 2.42. The quantitative estimate of drug-likeness (QED) is 0.606. The highest BCUT2D eigenvalue weighted by Crippen LogP contribution is 2.34. The van der Waals surface area contributed by atoms with Crippen LogP contribution in [0.2, 0.25) is 10.0 Å². The molecular formula is C18H18Cl2F2N2O2. The van der Waals surface area contributed by atoms with Crippen LogP contribution in [-0.2, 0) is 6.42 Å². The largest absolute Gasteiger partial charge is 0.489 e. The Morgan fingerprint density at radius 3 is 2.54 bits per heavy atom. The van der Waals surface area contributed by atoms with Crippen LogP contribution in [0.1, 0.15) is 18.4 Å². The average molecular weight is 403 g/mol. The van der Waals surface area contributed by atoms with Crippen LogP contribution in [0, 0.1) is 5.92 Å². The van der Waals surface area contributed by atoms with Gasteiger partial charge in [0.05, 0.1) is 22.3 Å². The molecule has 0 aliphatic heterocycles. The second-order valence-corrected chi connectivity index (χ2v) is 6.88. The van der Waals surface area contributed by atoms with Crippen LogP contribution in [0.4, 0.5) is 14.5 Å². The molecule has 3 rings (SSSR count). The highest BCUT2D eigenvalue weighted by Gasteiger charge is 2.23. The van der Waals surface area contributed by atoms with E-state index in [9.17, 15) is 8.78 Å². The molecule has 8 heteroatoms. The van der Waals surface area contributed by atoms with E-state index in [0.717, 1.165) is 18.4 Å². The number of nitrogens with one attached hydrogen (secondary N) is 1. The summed E-state index contributed by atoms with van der Waals surface area (Å²) >= 11 is 12.1. The number of alkyl halides is 2. The van der Waals surface area contributed by atoms with E-state index in [1.165, 1.54) is 18.5 Å². The molecule has 1 heterocycles. The van der Waals surface area contributed by atoms with Crippen molar-refractivity contribution in [2.45, 2.75) is 25.9 Å². The summed E-state index contributed by atoms with van der Waals surface area (Å²) in [6.07, 6.45) is 5.88. The molecular weight excluding hydrogens is 385 g/mol. The number of benzene rings is 1. The molecule has 1 aliphatic carbocycles. The van der Waals surface area contributed by atoms with Crippen LogP contribution in [0.15, 0.2) is 30.6 Å². The second kappa shape index (κ2) is 8.73. The fraction of sp³-hybridized carbons (Fsp3) is 0.389. The Kier molecular flexibility index (Phi) is 6.38. The fourth-order valence-corrected chi connectivity index (χ4v) is 2.92. The number of ether oxygens (including phenoxy) is 2. The molecule has 1 aromatic heterocycles. The zero-order chi connectivity index (χ0) is 18.5. The minimum atomic E-state index is -2.89. The first-order valence-corrected chi connectivity index (χ1v) is 9.02. The van der Waals surface area contributed by atoms with Crippen molar-refractivity contribution in [3.8, 4) is 11.5 Å². The van der Waals surface area contributed by atoms with Crippen LogP contribution in [-0.4, -0.2) is 24.7 Å². The van der Waals surface area contributed by atoms with E-state index in [1.807, 2.05) is 0 Å². The van der Waals surface area contributed by atoms with Gasteiger partial charge in [-0.3, -0.25) is 4.98 Å². The topological polar surface area (TPSA) is 43.4 Å². The van der Waals surface area contributed by atoms with Crippen LogP contribution < -0.4 is 14.8 Å². The molecule has 0 atom stereocenters. The third kappa shape index (κ3) is 5.35. The summed E-state index contributed by atoms with van der Waals surface area (Å²) in [7, 11) is 0. The molecule has 0 unspecified atom stereocenters. The Morgan fingerprint density at radius 2 is 1.88 bits per heavy atom. The first kappa shape index (κ1) is 19.0. The molecule has 0 radical (unpaired) electrons. The third-order valence-electron chi connectivity index (χ3n) is 3.96. The highest BCUT2D eigenvalue weighted by atomic mass is 35.5. The number of nitrogens with zero attached hydrogens (tertiary/aromatic N) is 1. The van der Waals surface area contributed by atoms with Gasteiger partial charge >= 0.3 is 6.61 Å². The molecule has 0 bridgehead atoms. The first-order chi connectivity index (χ1) is 12.5. The first-order valence-electron chi connectivity index (χ1n) is 8.26. The van der Waals surface area contributed by atoms with E-state index >= 15 is 0 Å². The summed E-state index contributed by atoms with van der Waals surface area (Å²) in [6.45, 7) is -1.81. The third-order valence-corrected chi connectivity index (χ3v) is 4.54. The molecule has 2 aromatic rings. The van der Waals surface area contributed by atoms with E-state index in [-0.39, 0.29) is 5.75 Å². The van der Waals surface area contributed by atoms with Crippen LogP contribution in [0.3, 0.4) is 0 Å². The van der Waals surface area contributed by atoms with Crippen LogP contribution in [0.25, 0.3) is 0 Å². The monoisotopic (exact) mass is 402 g/mol. The van der Waals surface area contributed by atoms with E-state index in [2.05, 4.69) is 15.0 Å². The van der Waals surface area contributed by atoms with Gasteiger partial charge in [0.2, 0.25) is 0 Å². The van der Waals surface area contributed by atoms with Crippen molar-refractivity contribution in [1.82, 2.24) is 4.98 Å². The molecule has 4 nitrogen and oxygen atoms in total. The van der Waals surface area contributed by atoms with Gasteiger partial charge in [0.25, 0.3) is 0 Å². The van der Waals surface area contributed by atoms with Crippen molar-refractivity contribution in [2.75, 3.05) is 18.5 Å². The Bertz CT molecular complexity index is 738. The summed E-state index contributed by atoms with van der Waals surface area (Å²) in [6, 6.07) is 4.98. The molecule has 1 fully saturated rings. The van der Waals surface area contributed by atoms with Crippen LogP contribution in [0.5, 0.6) is 11.5 Å². The molecule has 1 N–H and O–H groups in total. The Morgan fingerprint density at radius 1 is 1.15 bits per heavy atom. The van der Waals surface area contributed by atoms with Gasteiger partial charge in [0, 0.05) is 18.9 Å².